The number of hydrogen-bond donors (Lipinski definition) is 1. The highest BCUT2D eigenvalue weighted by molar-refractivity contribution is 8.09. The van der Waals surface area contributed by atoms with E-state index in [4.69, 9.17) is 46.4 Å². The first-order valence-electron chi connectivity index (χ1n) is 5.07. The maximum absolute atomic E-state index is 5.74. The van der Waals surface area contributed by atoms with Gasteiger partial charge in [-0.15, -0.1) is 0 Å². The zero-order valence-corrected chi connectivity index (χ0v) is 9.55. The molecule has 0 aromatic rings. The summed E-state index contributed by atoms with van der Waals surface area (Å²) in [6.07, 6.45) is -1.09. The Hall–Kier alpha value is 1.13. The summed E-state index contributed by atoms with van der Waals surface area (Å²) in [5, 5.41) is 0.310. The van der Waals surface area contributed by atoms with Gasteiger partial charge in [0.25, 0.3) is 0 Å². The fourth-order valence-electron chi connectivity index (χ4n) is 2.21. The van der Waals surface area contributed by atoms with Gasteiger partial charge in [0, 0.05) is 78.3 Å². The van der Waals surface area contributed by atoms with Crippen molar-refractivity contribution in [2.45, 2.75) is 11.5 Å². The maximum Gasteiger partial charge on any atom is 0.106 e. The maximum atomic E-state index is 5.74. The largest absolute Gasteiger partial charge is 0.186 e. The Labute approximate surface area is 109 Å². The molecule has 1 heterocycles. The van der Waals surface area contributed by atoms with Gasteiger partial charge in [0.1, 0.15) is 6.60 Å². The summed E-state index contributed by atoms with van der Waals surface area (Å²) in [6.45, 7) is 0.322. The molecule has 0 aromatic carbocycles. The highest BCUT2D eigenvalue weighted by Crippen LogP contribution is 2.30. The second-order valence-electron chi connectivity index (χ2n) is 4.35. The van der Waals surface area contributed by atoms with Crippen LogP contribution in [0.3, 0.4) is 0 Å². The van der Waals surface area contributed by atoms with Crippen molar-refractivity contribution in [1.29, 1.82) is 0 Å². The zero-order valence-electron chi connectivity index (χ0n) is 8.66. The van der Waals surface area contributed by atoms with E-state index in [2.05, 4.69) is 12.6 Å². The van der Waals surface area contributed by atoms with Gasteiger partial charge in [0.05, 0.1) is 0 Å². The van der Waals surface area contributed by atoms with Crippen molar-refractivity contribution in [3.05, 3.63) is 0 Å². The van der Waals surface area contributed by atoms with E-state index < -0.39 is 19.2 Å². The first kappa shape index (κ1) is 14.2. The van der Waals surface area contributed by atoms with Crippen molar-refractivity contribution in [1.82, 2.24) is 0 Å². The molecular formula is C2H4B12S. The van der Waals surface area contributed by atoms with Crippen molar-refractivity contribution in [2.75, 3.05) is 0 Å². The minimum Gasteiger partial charge on any atom is -0.186 e. The van der Waals surface area contributed by atoms with E-state index >= 15 is 0 Å². The quantitative estimate of drug-likeness (QED) is 0.333. The van der Waals surface area contributed by atoms with E-state index in [1.54, 1.807) is 0 Å². The van der Waals surface area contributed by atoms with Crippen molar-refractivity contribution in [2.24, 2.45) is 0 Å². The molecule has 0 aliphatic carbocycles. The third-order valence-corrected chi connectivity index (χ3v) is 3.67. The molecule has 0 nitrogen and oxygen atoms in total. The van der Waals surface area contributed by atoms with Crippen LogP contribution in [-0.4, -0.2) is 90.1 Å². The molecule has 1 rings (SSSR count). The molecule has 13 heteroatoms. The summed E-state index contributed by atoms with van der Waals surface area (Å²) in [4.78, 5) is 0. The smallest absolute Gasteiger partial charge is 0.106 e. The van der Waals surface area contributed by atoms with E-state index in [1.807, 2.05) is 0 Å². The monoisotopic (exact) mass is 192 g/mol. The summed E-state index contributed by atoms with van der Waals surface area (Å²) in [7, 11) is 34.2. The fourth-order valence-corrected chi connectivity index (χ4v) is 2.65. The van der Waals surface area contributed by atoms with Gasteiger partial charge >= 0.3 is 0 Å². The minimum atomic E-state index is -0.606. The van der Waals surface area contributed by atoms with Gasteiger partial charge in [-0.05, 0) is 5.15 Å². The predicted octanol–water partition coefficient (Wildman–Crippen LogP) is -3.81. The van der Waals surface area contributed by atoms with Gasteiger partial charge in [0.2, 0.25) is 0 Å². The Kier molecular flexibility index (Phi) is 5.34. The van der Waals surface area contributed by atoms with Gasteiger partial charge in [0.15, 0.2) is 0 Å². The van der Waals surface area contributed by atoms with Gasteiger partial charge < -0.3 is 0 Å². The first-order chi connectivity index (χ1) is 6.86. The molecule has 1 aliphatic rings. The van der Waals surface area contributed by atoms with Crippen LogP contribution in [0.15, 0.2) is 0 Å². The Morgan fingerprint density at radius 3 is 1.53 bits per heavy atom. The topological polar surface area (TPSA) is 0 Å². The van der Waals surface area contributed by atoms with Crippen LogP contribution >= 0.6 is 12.6 Å². The molecule has 12 radical (unpaired) electrons. The highest BCUT2D eigenvalue weighted by Gasteiger charge is 2.50. The minimum absolute atomic E-state index is 0.0625. The van der Waals surface area contributed by atoms with Gasteiger partial charge in [-0.3, -0.25) is 0 Å². The van der Waals surface area contributed by atoms with Gasteiger partial charge in [-0.25, -0.2) is 0 Å². The van der Waals surface area contributed by atoms with Crippen molar-refractivity contribution in [3.8, 4) is 0 Å². The Balaban J connectivity index is 2.76. The summed E-state index contributed by atoms with van der Waals surface area (Å²) < 4.78 is 0. The highest BCUT2D eigenvalue weighted by atomic mass is 32.1. The zero-order chi connectivity index (χ0) is 11.7. The van der Waals surface area contributed by atoms with E-state index in [9.17, 15) is 0 Å². The Bertz CT molecular complexity index is 196. The molecule has 0 amide bonds. The van der Waals surface area contributed by atoms with Crippen LogP contribution in [0.5, 0.6) is 0 Å². The summed E-state index contributed by atoms with van der Waals surface area (Å²) in [6, 6.07) is 0. The summed E-state index contributed by atoms with van der Waals surface area (Å²) in [5.74, 6) is 0. The Morgan fingerprint density at radius 1 is 0.933 bits per heavy atom. The molecule has 1 aliphatic heterocycles. The second kappa shape index (κ2) is 5.65. The molecule has 0 aromatic heterocycles. The van der Waals surface area contributed by atoms with Crippen LogP contribution in [0.25, 0.3) is 0 Å². The Morgan fingerprint density at radius 2 is 1.33 bits per heavy atom. The standard InChI is InChI=1S/C2H4B12S/c3-10(4)13(9-1-2(9)15)14(11(5)6)12(7)8/h2,15H,1H2. The molecule has 1 unspecified atom stereocenters. The molecular weight excluding hydrogens is 186 g/mol. The van der Waals surface area contributed by atoms with Crippen LogP contribution in [0.4, 0.5) is 0 Å². The number of thiol groups is 1. The first-order valence-corrected chi connectivity index (χ1v) is 5.59. The van der Waals surface area contributed by atoms with E-state index in [0.717, 1.165) is 6.32 Å². The van der Waals surface area contributed by atoms with Crippen LogP contribution in [-0.2, 0) is 0 Å². The lowest BCUT2D eigenvalue weighted by molar-refractivity contribution is 1.63. The van der Waals surface area contributed by atoms with Crippen molar-refractivity contribution < 1.29 is 0 Å². The SMILES string of the molecule is [B]B([B])B(B([B])[B])B(B([B])[B])B1CC1S. The molecule has 15 heavy (non-hydrogen) atoms. The van der Waals surface area contributed by atoms with Crippen molar-refractivity contribution in [3.63, 3.8) is 0 Å². The molecule has 0 bridgehead atoms. The number of hydrogen-bond acceptors (Lipinski definition) is 1. The molecule has 1 fully saturated rings. The van der Waals surface area contributed by atoms with E-state index in [0.29, 0.717) is 11.8 Å². The lowest BCUT2D eigenvalue weighted by atomic mass is 8.50. The number of rotatable bonds is 5. The van der Waals surface area contributed by atoms with Gasteiger partial charge in [-0.1, -0.05) is 6.32 Å². The fraction of sp³-hybridized carbons (Fsp3) is 1.00. The van der Waals surface area contributed by atoms with E-state index in [-0.39, 0.29) is 12.8 Å². The molecule has 1 atom stereocenters. The van der Waals surface area contributed by atoms with Crippen LogP contribution < -0.4 is 0 Å². The third kappa shape index (κ3) is 3.54. The average Bonchev–Trinajstić information content (AvgIpc) is 2.75. The molecule has 0 saturated carbocycles. The molecule has 0 N–H and O–H groups in total. The molecule has 0 spiro atoms. The molecule has 54 valence electrons. The summed E-state index contributed by atoms with van der Waals surface area (Å²) in [5.41, 5.74) is 0. The van der Waals surface area contributed by atoms with Gasteiger partial charge in [-0.2, -0.15) is 12.6 Å². The third-order valence-electron chi connectivity index (χ3n) is 3.08. The molecule has 1 saturated heterocycles. The van der Waals surface area contributed by atoms with Crippen molar-refractivity contribution >= 4 is 97.6 Å². The van der Waals surface area contributed by atoms with Crippen LogP contribution in [0, 0.1) is 0 Å². The lowest BCUT2D eigenvalue weighted by Crippen LogP contribution is -2.70. The normalized spacial score (nSPS) is 18.2. The predicted molar refractivity (Wildman–Crippen MR) is 86.6 cm³/mol. The van der Waals surface area contributed by atoms with E-state index in [1.165, 1.54) is 0 Å². The summed E-state index contributed by atoms with van der Waals surface area (Å²) >= 11 is 4.36. The lowest BCUT2D eigenvalue weighted by Gasteiger charge is -2.31. The second-order valence-corrected chi connectivity index (χ2v) is 5.02. The van der Waals surface area contributed by atoms with Crippen LogP contribution in [0.2, 0.25) is 6.32 Å². The van der Waals surface area contributed by atoms with Crippen LogP contribution in [0.1, 0.15) is 0 Å². The average molecular weight is 190 g/mol.